The molecular weight excluding hydrogens is 232 g/mol. The highest BCUT2D eigenvalue weighted by atomic mass is 79.9. The number of aromatic nitrogens is 1. The van der Waals surface area contributed by atoms with E-state index in [0.29, 0.717) is 15.9 Å². The predicted molar refractivity (Wildman–Crippen MR) is 52.6 cm³/mol. The zero-order chi connectivity index (χ0) is 10.0. The fourth-order valence-electron chi connectivity index (χ4n) is 1.19. The fraction of sp³-hybridized carbons (Fsp3) is 0.333. The summed E-state index contributed by atoms with van der Waals surface area (Å²) in [6.45, 7) is 3.92. The lowest BCUT2D eigenvalue weighted by molar-refractivity contribution is 0.112. The molecule has 0 aliphatic rings. The second-order valence-corrected chi connectivity index (χ2v) is 3.72. The number of hydrogen-bond acceptors (Lipinski definition) is 2. The molecule has 68 valence electrons. The normalized spacial score (nSPS) is 10.1. The van der Waals surface area contributed by atoms with E-state index in [1.165, 1.54) is 0 Å². The van der Waals surface area contributed by atoms with Gasteiger partial charge in [-0.2, -0.15) is 5.26 Å². The number of nitrogens with zero attached hydrogens (tertiary/aromatic N) is 2. The third-order valence-corrected chi connectivity index (χ3v) is 2.60. The molecule has 0 unspecified atom stereocenters. The third-order valence-electron chi connectivity index (χ3n) is 1.76. The summed E-state index contributed by atoms with van der Waals surface area (Å²) in [6, 6.07) is 3.79. The quantitative estimate of drug-likeness (QED) is 0.746. The molecule has 0 spiro atoms. The monoisotopic (exact) mass is 240 g/mol. The topological polar surface area (TPSA) is 45.8 Å². The number of rotatable bonds is 2. The first-order chi connectivity index (χ1) is 6.11. The molecule has 0 atom stereocenters. The van der Waals surface area contributed by atoms with Crippen LogP contribution < -0.4 is 0 Å². The van der Waals surface area contributed by atoms with Crippen LogP contribution in [-0.4, -0.2) is 10.9 Å². The van der Waals surface area contributed by atoms with Gasteiger partial charge >= 0.3 is 0 Å². The zero-order valence-electron chi connectivity index (χ0n) is 7.41. The van der Waals surface area contributed by atoms with E-state index in [0.717, 1.165) is 6.29 Å². The average Bonchev–Trinajstić information content (AvgIpc) is 2.41. The van der Waals surface area contributed by atoms with Crippen molar-refractivity contribution in [1.29, 1.82) is 5.26 Å². The van der Waals surface area contributed by atoms with Crippen molar-refractivity contribution in [2.24, 2.45) is 0 Å². The minimum Gasteiger partial charge on any atom is -0.324 e. The molecule has 0 N–H and O–H groups in total. The molecule has 0 aliphatic heterocycles. The van der Waals surface area contributed by atoms with Gasteiger partial charge in [0.15, 0.2) is 6.29 Å². The maximum absolute atomic E-state index is 10.6. The zero-order valence-corrected chi connectivity index (χ0v) is 9.00. The van der Waals surface area contributed by atoms with Crippen molar-refractivity contribution in [3.05, 3.63) is 21.9 Å². The number of hydrogen-bond donors (Lipinski definition) is 0. The minimum atomic E-state index is 0.165. The summed E-state index contributed by atoms with van der Waals surface area (Å²) >= 11 is 3.28. The molecule has 3 nitrogen and oxygen atoms in total. The standard InChI is InChI=1S/C9H9BrN2O/c1-6(2)12-8(4-11)3-7(5-13)9(12)10/h3,5-6H,1-2H3. The Hall–Kier alpha value is -1.08. The van der Waals surface area contributed by atoms with E-state index < -0.39 is 0 Å². The Morgan fingerprint density at radius 1 is 1.69 bits per heavy atom. The van der Waals surface area contributed by atoms with E-state index in [2.05, 4.69) is 15.9 Å². The van der Waals surface area contributed by atoms with Crippen molar-refractivity contribution in [2.45, 2.75) is 19.9 Å². The molecule has 4 heteroatoms. The second-order valence-electron chi connectivity index (χ2n) is 2.97. The summed E-state index contributed by atoms with van der Waals surface area (Å²) in [4.78, 5) is 10.6. The van der Waals surface area contributed by atoms with Crippen LogP contribution >= 0.6 is 15.9 Å². The molecule has 0 fully saturated rings. The first-order valence-electron chi connectivity index (χ1n) is 3.87. The molecule has 0 amide bonds. The van der Waals surface area contributed by atoms with Gasteiger partial charge in [-0.1, -0.05) is 0 Å². The van der Waals surface area contributed by atoms with Crippen LogP contribution in [0.1, 0.15) is 35.9 Å². The minimum absolute atomic E-state index is 0.165. The van der Waals surface area contributed by atoms with Crippen LogP contribution in [0.25, 0.3) is 0 Å². The van der Waals surface area contributed by atoms with Crippen molar-refractivity contribution in [2.75, 3.05) is 0 Å². The van der Waals surface area contributed by atoms with Gasteiger partial charge in [0.05, 0.1) is 4.60 Å². The molecule has 0 saturated heterocycles. The summed E-state index contributed by atoms with van der Waals surface area (Å²) in [5, 5.41) is 8.79. The predicted octanol–water partition coefficient (Wildman–Crippen LogP) is 2.52. The smallest absolute Gasteiger partial charge is 0.152 e. The summed E-state index contributed by atoms with van der Waals surface area (Å²) < 4.78 is 2.46. The van der Waals surface area contributed by atoms with E-state index in [1.807, 2.05) is 19.9 Å². The summed E-state index contributed by atoms with van der Waals surface area (Å²) in [5.41, 5.74) is 1.02. The van der Waals surface area contributed by atoms with E-state index in [-0.39, 0.29) is 6.04 Å². The molecular formula is C9H9BrN2O. The van der Waals surface area contributed by atoms with E-state index in [9.17, 15) is 4.79 Å². The van der Waals surface area contributed by atoms with Gasteiger partial charge in [0, 0.05) is 11.6 Å². The van der Waals surface area contributed by atoms with Crippen LogP contribution in [0.3, 0.4) is 0 Å². The van der Waals surface area contributed by atoms with Gasteiger partial charge in [-0.15, -0.1) is 0 Å². The highest BCUT2D eigenvalue weighted by Crippen LogP contribution is 2.24. The molecule has 0 aliphatic carbocycles. The molecule has 0 bridgehead atoms. The molecule has 0 aromatic carbocycles. The third kappa shape index (κ3) is 1.65. The van der Waals surface area contributed by atoms with Crippen molar-refractivity contribution >= 4 is 22.2 Å². The number of aldehydes is 1. The van der Waals surface area contributed by atoms with E-state index >= 15 is 0 Å². The van der Waals surface area contributed by atoms with Gasteiger partial charge in [-0.05, 0) is 35.8 Å². The van der Waals surface area contributed by atoms with Crippen LogP contribution in [0.5, 0.6) is 0 Å². The number of nitriles is 1. The van der Waals surface area contributed by atoms with Gasteiger partial charge in [0.1, 0.15) is 11.8 Å². The maximum atomic E-state index is 10.6. The van der Waals surface area contributed by atoms with Crippen LogP contribution in [-0.2, 0) is 0 Å². The lowest BCUT2D eigenvalue weighted by atomic mass is 10.3. The van der Waals surface area contributed by atoms with E-state index in [4.69, 9.17) is 5.26 Å². The van der Waals surface area contributed by atoms with Crippen molar-refractivity contribution < 1.29 is 4.79 Å². The van der Waals surface area contributed by atoms with Gasteiger partial charge < -0.3 is 4.57 Å². The molecule has 1 aromatic heterocycles. The van der Waals surface area contributed by atoms with Gasteiger partial charge in [0.25, 0.3) is 0 Å². The number of carbonyl (C=O) groups excluding carboxylic acids is 1. The lowest BCUT2D eigenvalue weighted by Gasteiger charge is -2.10. The lowest BCUT2D eigenvalue weighted by Crippen LogP contribution is -2.03. The van der Waals surface area contributed by atoms with Crippen molar-refractivity contribution in [1.82, 2.24) is 4.57 Å². The Kier molecular flexibility index (Phi) is 2.89. The Bertz CT molecular complexity index is 374. The maximum Gasteiger partial charge on any atom is 0.152 e. The van der Waals surface area contributed by atoms with Crippen LogP contribution in [0.4, 0.5) is 0 Å². The molecule has 13 heavy (non-hydrogen) atoms. The van der Waals surface area contributed by atoms with Crippen LogP contribution in [0, 0.1) is 11.3 Å². The Labute approximate surface area is 85.1 Å². The first-order valence-corrected chi connectivity index (χ1v) is 4.67. The van der Waals surface area contributed by atoms with Gasteiger partial charge in [-0.3, -0.25) is 4.79 Å². The molecule has 1 aromatic rings. The SMILES string of the molecule is CC(C)n1c(C#N)cc(C=O)c1Br. The first kappa shape index (κ1) is 10.0. The molecule has 0 saturated carbocycles. The van der Waals surface area contributed by atoms with Crippen molar-refractivity contribution in [3.63, 3.8) is 0 Å². The fourth-order valence-corrected chi connectivity index (χ4v) is 2.00. The highest BCUT2D eigenvalue weighted by molar-refractivity contribution is 9.10. The largest absolute Gasteiger partial charge is 0.324 e. The summed E-state index contributed by atoms with van der Waals surface area (Å²) in [7, 11) is 0. The molecule has 1 rings (SSSR count). The Balaban J connectivity index is 3.39. The summed E-state index contributed by atoms with van der Waals surface area (Å²) in [6.07, 6.45) is 0.740. The van der Waals surface area contributed by atoms with E-state index in [1.54, 1.807) is 10.6 Å². The van der Waals surface area contributed by atoms with Gasteiger partial charge in [-0.25, -0.2) is 0 Å². The molecule has 0 radical (unpaired) electrons. The average molecular weight is 241 g/mol. The van der Waals surface area contributed by atoms with Crippen LogP contribution in [0.15, 0.2) is 10.7 Å². The van der Waals surface area contributed by atoms with Gasteiger partial charge in [0.2, 0.25) is 0 Å². The summed E-state index contributed by atoms with van der Waals surface area (Å²) in [5.74, 6) is 0. The van der Waals surface area contributed by atoms with Crippen molar-refractivity contribution in [3.8, 4) is 6.07 Å². The highest BCUT2D eigenvalue weighted by Gasteiger charge is 2.13. The van der Waals surface area contributed by atoms with Crippen LogP contribution in [0.2, 0.25) is 0 Å². The second kappa shape index (κ2) is 3.75. The Morgan fingerprint density at radius 3 is 2.62 bits per heavy atom. The number of halogens is 1. The number of carbonyl (C=O) groups is 1. The Morgan fingerprint density at radius 2 is 2.31 bits per heavy atom. The molecule has 1 heterocycles.